The van der Waals surface area contributed by atoms with Crippen LogP contribution in [0.15, 0.2) is 113 Å². The van der Waals surface area contributed by atoms with Crippen LogP contribution in [0.5, 0.6) is 0 Å². The smallest absolute Gasteiger partial charge is 0.387 e. The van der Waals surface area contributed by atoms with Crippen LogP contribution in [-0.2, 0) is 22.6 Å². The van der Waals surface area contributed by atoms with Crippen molar-refractivity contribution in [3.8, 4) is 21.8 Å². The first-order valence-corrected chi connectivity index (χ1v) is 16.8. The van der Waals surface area contributed by atoms with Crippen molar-refractivity contribution in [2.75, 3.05) is 4.72 Å². The number of benzene rings is 4. The van der Waals surface area contributed by atoms with E-state index in [-0.39, 0.29) is 17.0 Å². The molecule has 0 aliphatic carbocycles. The van der Waals surface area contributed by atoms with Gasteiger partial charge in [0.2, 0.25) is 0 Å². The van der Waals surface area contributed by atoms with E-state index in [0.29, 0.717) is 27.5 Å². The van der Waals surface area contributed by atoms with Crippen LogP contribution >= 0.6 is 11.3 Å². The highest BCUT2D eigenvalue weighted by atomic mass is 32.2. The van der Waals surface area contributed by atoms with Crippen molar-refractivity contribution in [3.05, 3.63) is 125 Å². The Morgan fingerprint density at radius 1 is 0.889 bits per heavy atom. The van der Waals surface area contributed by atoms with Gasteiger partial charge in [0.15, 0.2) is 0 Å². The van der Waals surface area contributed by atoms with Gasteiger partial charge in [0.05, 0.1) is 22.3 Å². The predicted octanol–water partition coefficient (Wildman–Crippen LogP) is 7.69. The van der Waals surface area contributed by atoms with Gasteiger partial charge in [-0.3, -0.25) is 4.72 Å². The molecule has 0 spiro atoms. The molecule has 3 atom stereocenters. The Bertz CT molecular complexity index is 1840. The lowest BCUT2D eigenvalue weighted by molar-refractivity contribution is -0.137. The summed E-state index contributed by atoms with van der Waals surface area (Å²) in [7, 11) is -3.84. The number of aliphatic hydroxyl groups is 1. The molecule has 232 valence electrons. The fourth-order valence-electron chi connectivity index (χ4n) is 5.50. The quantitative estimate of drug-likeness (QED) is 0.152. The molecule has 6 rings (SSSR count). The minimum absolute atomic E-state index is 0.00782. The number of sulfonamides is 1. The SMILES string of the molecule is O=S(=O)(Nc1ccc(C[C@@H]2CC[C@H]([C@H](O)c3ccccc3)N2)cc1)c1ccc(-c2nc(-c3ccc(C(F)(F)F)cc3)cs2)cc1. The molecule has 0 amide bonds. The standard InChI is InChI=1S/C34H30F3N3O3S2/c35-34(36,37)26-12-8-23(9-13-26)31-21-44-33(39-31)25-10-17-29(18-11-25)45(42,43)40-27-14-6-22(7-15-27)20-28-16-19-30(38-28)32(41)24-4-2-1-3-5-24/h1-15,17-18,21,28,30,32,38,40-41H,16,19-20H2/t28-,30+,32+/m0/s1. The van der Waals surface area contributed by atoms with Crippen molar-refractivity contribution < 1.29 is 26.7 Å². The van der Waals surface area contributed by atoms with Crippen molar-refractivity contribution in [2.45, 2.75) is 48.5 Å². The van der Waals surface area contributed by atoms with Crippen LogP contribution in [0.2, 0.25) is 0 Å². The number of hydrogen-bond donors (Lipinski definition) is 3. The van der Waals surface area contributed by atoms with Gasteiger partial charge in [-0.1, -0.05) is 66.7 Å². The van der Waals surface area contributed by atoms with E-state index in [1.54, 1.807) is 29.6 Å². The maximum Gasteiger partial charge on any atom is 0.416 e. The predicted molar refractivity (Wildman–Crippen MR) is 170 cm³/mol. The van der Waals surface area contributed by atoms with E-state index in [1.807, 2.05) is 42.5 Å². The molecule has 11 heteroatoms. The van der Waals surface area contributed by atoms with Crippen LogP contribution in [0.3, 0.4) is 0 Å². The lowest BCUT2D eigenvalue weighted by Crippen LogP contribution is -2.35. The zero-order chi connectivity index (χ0) is 31.6. The maximum absolute atomic E-state index is 13.1. The van der Waals surface area contributed by atoms with Crippen molar-refractivity contribution >= 4 is 27.0 Å². The van der Waals surface area contributed by atoms with E-state index in [2.05, 4.69) is 15.0 Å². The zero-order valence-electron chi connectivity index (χ0n) is 23.9. The molecule has 0 saturated carbocycles. The molecule has 0 bridgehead atoms. The van der Waals surface area contributed by atoms with Gasteiger partial charge in [-0.2, -0.15) is 13.2 Å². The third-order valence-corrected chi connectivity index (χ3v) is 10.2. The second kappa shape index (κ2) is 12.8. The van der Waals surface area contributed by atoms with Gasteiger partial charge >= 0.3 is 6.18 Å². The van der Waals surface area contributed by atoms with Crippen LogP contribution in [-0.4, -0.2) is 30.6 Å². The largest absolute Gasteiger partial charge is 0.416 e. The van der Waals surface area contributed by atoms with Gasteiger partial charge in [-0.25, -0.2) is 13.4 Å². The highest BCUT2D eigenvalue weighted by Gasteiger charge is 2.31. The molecule has 1 fully saturated rings. The number of aliphatic hydroxyl groups excluding tert-OH is 1. The van der Waals surface area contributed by atoms with Crippen LogP contribution in [0, 0.1) is 0 Å². The third-order valence-electron chi connectivity index (χ3n) is 7.91. The summed E-state index contributed by atoms with van der Waals surface area (Å²) in [5.74, 6) is 0. The van der Waals surface area contributed by atoms with Crippen molar-refractivity contribution in [1.29, 1.82) is 0 Å². The molecule has 1 aliphatic rings. The number of anilines is 1. The van der Waals surface area contributed by atoms with E-state index in [4.69, 9.17) is 0 Å². The normalized spacial score (nSPS) is 17.7. The minimum Gasteiger partial charge on any atom is -0.387 e. The van der Waals surface area contributed by atoms with E-state index in [9.17, 15) is 26.7 Å². The Kier molecular flexibility index (Phi) is 8.78. The topological polar surface area (TPSA) is 91.3 Å². The Morgan fingerprint density at radius 3 is 2.22 bits per heavy atom. The Labute approximate surface area is 263 Å². The van der Waals surface area contributed by atoms with Crippen molar-refractivity contribution in [1.82, 2.24) is 10.3 Å². The van der Waals surface area contributed by atoms with E-state index in [0.717, 1.165) is 42.5 Å². The van der Waals surface area contributed by atoms with Gasteiger partial charge < -0.3 is 10.4 Å². The Balaban J connectivity index is 1.05. The molecule has 45 heavy (non-hydrogen) atoms. The van der Waals surface area contributed by atoms with Crippen molar-refractivity contribution in [2.24, 2.45) is 0 Å². The number of halogens is 3. The van der Waals surface area contributed by atoms with Gasteiger partial charge in [0.25, 0.3) is 10.0 Å². The summed E-state index contributed by atoms with van der Waals surface area (Å²) < 4.78 is 67.4. The second-order valence-electron chi connectivity index (χ2n) is 11.0. The highest BCUT2D eigenvalue weighted by molar-refractivity contribution is 7.92. The fraction of sp³-hybridized carbons (Fsp3) is 0.206. The number of hydrogen-bond acceptors (Lipinski definition) is 6. The molecule has 1 aliphatic heterocycles. The van der Waals surface area contributed by atoms with Gasteiger partial charge in [0, 0.05) is 34.3 Å². The second-order valence-corrected chi connectivity index (χ2v) is 13.6. The minimum atomic E-state index is -4.40. The first-order chi connectivity index (χ1) is 21.5. The Hall–Kier alpha value is -4.03. The van der Waals surface area contributed by atoms with Gasteiger partial charge in [-0.05, 0) is 66.8 Å². The molecule has 5 aromatic rings. The molecule has 0 radical (unpaired) electrons. The Morgan fingerprint density at radius 2 is 1.56 bits per heavy atom. The molecule has 1 saturated heterocycles. The maximum atomic E-state index is 13.1. The van der Waals surface area contributed by atoms with E-state index >= 15 is 0 Å². The zero-order valence-corrected chi connectivity index (χ0v) is 25.5. The number of aromatic nitrogens is 1. The summed E-state index contributed by atoms with van der Waals surface area (Å²) in [5.41, 5.74) is 3.48. The van der Waals surface area contributed by atoms with Crippen LogP contribution in [0.4, 0.5) is 18.9 Å². The molecular weight excluding hydrogens is 620 g/mol. The summed E-state index contributed by atoms with van der Waals surface area (Å²) in [6.45, 7) is 0. The number of nitrogens with zero attached hydrogens (tertiary/aromatic N) is 1. The van der Waals surface area contributed by atoms with Crippen molar-refractivity contribution in [3.63, 3.8) is 0 Å². The van der Waals surface area contributed by atoms with Crippen LogP contribution in [0.1, 0.15) is 35.6 Å². The average molecular weight is 650 g/mol. The molecule has 4 aromatic carbocycles. The lowest BCUT2D eigenvalue weighted by Gasteiger charge is -2.20. The first-order valence-electron chi connectivity index (χ1n) is 14.4. The van der Waals surface area contributed by atoms with Crippen LogP contribution < -0.4 is 10.0 Å². The highest BCUT2D eigenvalue weighted by Crippen LogP contribution is 2.33. The fourth-order valence-corrected chi connectivity index (χ4v) is 7.39. The first kappa shape index (κ1) is 31.0. The summed E-state index contributed by atoms with van der Waals surface area (Å²) in [6, 6.07) is 28.3. The van der Waals surface area contributed by atoms with E-state index in [1.165, 1.54) is 35.6 Å². The van der Waals surface area contributed by atoms with Gasteiger partial charge in [-0.15, -0.1) is 11.3 Å². The number of thiazole rings is 1. The third kappa shape index (κ3) is 7.28. The summed E-state index contributed by atoms with van der Waals surface area (Å²) in [6.07, 6.45) is -2.38. The number of nitrogens with one attached hydrogen (secondary N) is 2. The summed E-state index contributed by atoms with van der Waals surface area (Å²) in [4.78, 5) is 4.62. The monoisotopic (exact) mass is 649 g/mol. The van der Waals surface area contributed by atoms with Crippen LogP contribution in [0.25, 0.3) is 21.8 Å². The van der Waals surface area contributed by atoms with E-state index < -0.39 is 27.9 Å². The molecule has 3 N–H and O–H groups in total. The summed E-state index contributed by atoms with van der Waals surface area (Å²) >= 11 is 1.32. The number of rotatable bonds is 9. The molecule has 1 aromatic heterocycles. The number of alkyl halides is 3. The van der Waals surface area contributed by atoms with Gasteiger partial charge in [0.1, 0.15) is 5.01 Å². The summed E-state index contributed by atoms with van der Waals surface area (Å²) in [5, 5.41) is 16.6. The molecular formula is C34H30F3N3O3S2. The molecule has 2 heterocycles. The average Bonchev–Trinajstić information content (AvgIpc) is 3.72. The molecule has 6 nitrogen and oxygen atoms in total. The lowest BCUT2D eigenvalue weighted by atomic mass is 10.0. The molecule has 0 unspecified atom stereocenters.